The number of carbonyl (C=O) groups is 1. The second kappa shape index (κ2) is 6.97. The summed E-state index contributed by atoms with van der Waals surface area (Å²) in [4.78, 5) is 10.4. The first-order valence-electron chi connectivity index (χ1n) is 4.40. The molecule has 6 heteroatoms. The van der Waals surface area contributed by atoms with Crippen molar-refractivity contribution in [2.24, 2.45) is 5.73 Å². The topological polar surface area (TPSA) is 63.3 Å². The number of nitrogens with two attached hydrogens (primary N) is 1. The van der Waals surface area contributed by atoms with Crippen LogP contribution in [0.1, 0.15) is 12.0 Å². The zero-order valence-electron chi connectivity index (χ0n) is 8.32. The summed E-state index contributed by atoms with van der Waals surface area (Å²) in [5.41, 5.74) is 6.46. The number of hydrogen-bond acceptors (Lipinski definition) is 2. The van der Waals surface area contributed by atoms with Gasteiger partial charge in [0, 0.05) is 16.1 Å². The van der Waals surface area contributed by atoms with E-state index in [-0.39, 0.29) is 18.8 Å². The van der Waals surface area contributed by atoms with Crippen molar-refractivity contribution >= 4 is 41.6 Å². The Morgan fingerprint density at radius 3 is 2.56 bits per heavy atom. The molecule has 0 aromatic heterocycles. The summed E-state index contributed by atoms with van der Waals surface area (Å²) in [5, 5.41) is 9.61. The van der Waals surface area contributed by atoms with Crippen LogP contribution in [0, 0.1) is 0 Å². The number of aliphatic carboxylic acids is 1. The molecule has 0 radical (unpaired) electrons. The van der Waals surface area contributed by atoms with E-state index in [0.29, 0.717) is 16.5 Å². The van der Waals surface area contributed by atoms with Gasteiger partial charge in [0.1, 0.15) is 0 Å². The molecule has 1 rings (SSSR count). The van der Waals surface area contributed by atoms with E-state index in [2.05, 4.69) is 0 Å². The van der Waals surface area contributed by atoms with Crippen molar-refractivity contribution in [3.05, 3.63) is 33.8 Å². The highest BCUT2D eigenvalue weighted by Gasteiger charge is 2.11. The molecular weight excluding hydrogens is 272 g/mol. The fourth-order valence-corrected chi connectivity index (χ4v) is 1.75. The number of benzene rings is 1. The molecule has 0 aliphatic heterocycles. The van der Waals surface area contributed by atoms with Crippen LogP contribution in [0.4, 0.5) is 0 Å². The third-order valence-electron chi connectivity index (χ3n) is 1.93. The number of carboxylic acids is 1. The molecule has 0 saturated carbocycles. The van der Waals surface area contributed by atoms with Gasteiger partial charge >= 0.3 is 5.97 Å². The summed E-state index contributed by atoms with van der Waals surface area (Å²) in [6.45, 7) is 0. The number of rotatable bonds is 4. The maximum Gasteiger partial charge on any atom is 0.304 e. The summed E-state index contributed by atoms with van der Waals surface area (Å²) >= 11 is 11.7. The van der Waals surface area contributed by atoms with E-state index in [4.69, 9.17) is 34.0 Å². The van der Waals surface area contributed by atoms with Gasteiger partial charge in [0.25, 0.3) is 0 Å². The van der Waals surface area contributed by atoms with Gasteiger partial charge < -0.3 is 10.8 Å². The average molecular weight is 285 g/mol. The lowest BCUT2D eigenvalue weighted by molar-refractivity contribution is -0.137. The second-order valence-corrected chi connectivity index (χ2v) is 4.14. The summed E-state index contributed by atoms with van der Waals surface area (Å²) in [6.07, 6.45) is 0.362. The minimum atomic E-state index is -0.910. The lowest BCUT2D eigenvalue weighted by Gasteiger charge is -2.10. The van der Waals surface area contributed by atoms with Crippen molar-refractivity contribution in [2.75, 3.05) is 0 Å². The average Bonchev–Trinajstić information content (AvgIpc) is 2.08. The maximum absolute atomic E-state index is 10.4. The zero-order valence-corrected chi connectivity index (χ0v) is 10.6. The Balaban J connectivity index is 0.00000225. The van der Waals surface area contributed by atoms with Crippen LogP contribution in [0.25, 0.3) is 0 Å². The van der Waals surface area contributed by atoms with Crippen molar-refractivity contribution in [3.63, 3.8) is 0 Å². The number of carboxylic acid groups (broad SMARTS) is 1. The van der Waals surface area contributed by atoms with Crippen LogP contribution >= 0.6 is 35.6 Å². The highest BCUT2D eigenvalue weighted by Crippen LogP contribution is 2.22. The van der Waals surface area contributed by atoms with Gasteiger partial charge in [-0.15, -0.1) is 12.4 Å². The van der Waals surface area contributed by atoms with Gasteiger partial charge in [-0.2, -0.15) is 0 Å². The third kappa shape index (κ3) is 5.03. The van der Waals surface area contributed by atoms with E-state index < -0.39 is 12.0 Å². The third-order valence-corrected chi connectivity index (χ3v) is 2.52. The predicted octanol–water partition coefficient (Wildman–Crippen LogP) is 2.76. The molecule has 0 spiro atoms. The molecule has 1 aromatic carbocycles. The van der Waals surface area contributed by atoms with Crippen LogP contribution in [-0.2, 0) is 11.2 Å². The lowest BCUT2D eigenvalue weighted by atomic mass is 10.0. The van der Waals surface area contributed by atoms with Crippen LogP contribution in [0.5, 0.6) is 0 Å². The van der Waals surface area contributed by atoms with E-state index in [1.54, 1.807) is 18.2 Å². The molecule has 16 heavy (non-hydrogen) atoms. The monoisotopic (exact) mass is 283 g/mol. The molecule has 90 valence electrons. The van der Waals surface area contributed by atoms with Crippen LogP contribution < -0.4 is 5.73 Å². The Labute approximate surface area is 110 Å². The van der Waals surface area contributed by atoms with Crippen molar-refractivity contribution < 1.29 is 9.90 Å². The molecule has 3 nitrogen and oxygen atoms in total. The van der Waals surface area contributed by atoms with E-state index in [1.807, 2.05) is 0 Å². The van der Waals surface area contributed by atoms with Crippen molar-refractivity contribution in [1.29, 1.82) is 0 Å². The highest BCUT2D eigenvalue weighted by atomic mass is 35.5. The first kappa shape index (κ1) is 15.5. The van der Waals surface area contributed by atoms with Gasteiger partial charge in [-0.25, -0.2) is 0 Å². The Morgan fingerprint density at radius 1 is 1.44 bits per heavy atom. The van der Waals surface area contributed by atoms with Gasteiger partial charge in [0.2, 0.25) is 0 Å². The van der Waals surface area contributed by atoms with E-state index in [1.165, 1.54) is 0 Å². The van der Waals surface area contributed by atoms with Gasteiger partial charge in [-0.1, -0.05) is 29.3 Å². The van der Waals surface area contributed by atoms with Crippen LogP contribution in [0.3, 0.4) is 0 Å². The molecule has 3 N–H and O–H groups in total. The number of hydrogen-bond donors (Lipinski definition) is 2. The molecule has 0 bridgehead atoms. The molecule has 0 heterocycles. The quantitative estimate of drug-likeness (QED) is 0.893. The van der Waals surface area contributed by atoms with Gasteiger partial charge in [-0.3, -0.25) is 4.79 Å². The molecule has 0 amide bonds. The van der Waals surface area contributed by atoms with Crippen molar-refractivity contribution in [1.82, 2.24) is 0 Å². The molecule has 1 aromatic rings. The Morgan fingerprint density at radius 2 is 2.06 bits per heavy atom. The molecular formula is C10H12Cl3NO2. The van der Waals surface area contributed by atoms with E-state index in [0.717, 1.165) is 5.56 Å². The molecule has 0 aliphatic rings. The summed E-state index contributed by atoms with van der Waals surface area (Å²) in [7, 11) is 0. The lowest BCUT2D eigenvalue weighted by Crippen LogP contribution is -2.26. The molecule has 0 unspecified atom stereocenters. The summed E-state index contributed by atoms with van der Waals surface area (Å²) in [5.74, 6) is -0.910. The van der Waals surface area contributed by atoms with Crippen LogP contribution in [-0.4, -0.2) is 17.1 Å². The molecule has 0 aliphatic carbocycles. The fraction of sp³-hybridized carbons (Fsp3) is 0.300. The van der Waals surface area contributed by atoms with E-state index in [9.17, 15) is 4.79 Å². The Kier molecular flexibility index (Phi) is 6.76. The van der Waals surface area contributed by atoms with Gasteiger partial charge in [-0.05, 0) is 24.1 Å². The Bertz CT molecular complexity index is 371. The summed E-state index contributed by atoms with van der Waals surface area (Å²) < 4.78 is 0. The summed E-state index contributed by atoms with van der Waals surface area (Å²) in [6, 6.07) is 4.65. The molecule has 0 fully saturated rings. The zero-order chi connectivity index (χ0) is 11.4. The SMILES string of the molecule is Cl.N[C@@H](CC(=O)O)Cc1ccc(Cl)cc1Cl. The second-order valence-electron chi connectivity index (χ2n) is 3.30. The minimum absolute atomic E-state index is 0. The Hall–Kier alpha value is -0.480. The highest BCUT2D eigenvalue weighted by molar-refractivity contribution is 6.35. The van der Waals surface area contributed by atoms with Crippen LogP contribution in [0.2, 0.25) is 10.0 Å². The predicted molar refractivity (Wildman–Crippen MR) is 67.6 cm³/mol. The van der Waals surface area contributed by atoms with E-state index >= 15 is 0 Å². The van der Waals surface area contributed by atoms with Crippen molar-refractivity contribution in [3.8, 4) is 0 Å². The maximum atomic E-state index is 10.4. The standard InChI is InChI=1S/C10H11Cl2NO2.ClH/c11-7-2-1-6(9(12)4-7)3-8(13)5-10(14)15;/h1-2,4,8H,3,5,13H2,(H,14,15);1H/t8-;/m1./s1. The normalized spacial score (nSPS) is 11.7. The molecule has 0 saturated heterocycles. The van der Waals surface area contributed by atoms with Gasteiger partial charge in [0.15, 0.2) is 0 Å². The van der Waals surface area contributed by atoms with Crippen LogP contribution in [0.15, 0.2) is 18.2 Å². The first-order valence-corrected chi connectivity index (χ1v) is 5.16. The minimum Gasteiger partial charge on any atom is -0.481 e. The molecule has 1 atom stereocenters. The smallest absolute Gasteiger partial charge is 0.304 e. The van der Waals surface area contributed by atoms with Gasteiger partial charge in [0.05, 0.1) is 6.42 Å². The largest absolute Gasteiger partial charge is 0.481 e. The van der Waals surface area contributed by atoms with Crippen molar-refractivity contribution in [2.45, 2.75) is 18.9 Å². The number of halogens is 3. The first-order chi connectivity index (χ1) is 6.99. The fourth-order valence-electron chi connectivity index (χ4n) is 1.27.